The third-order valence-corrected chi connectivity index (χ3v) is 3.42. The maximum Gasteiger partial charge on any atom is 0.259 e. The zero-order valence-corrected chi connectivity index (χ0v) is 10.8. The van der Waals surface area contributed by atoms with Gasteiger partial charge in [0.2, 0.25) is 0 Å². The predicted molar refractivity (Wildman–Crippen MR) is 67.7 cm³/mol. The fourth-order valence-electron chi connectivity index (χ4n) is 2.05. The van der Waals surface area contributed by atoms with E-state index in [-0.39, 0.29) is 5.92 Å². The van der Waals surface area contributed by atoms with Gasteiger partial charge in [-0.2, -0.15) is 4.98 Å². The molecule has 1 atom stereocenters. The molecule has 0 radical (unpaired) electrons. The molecular weight excluding hydrogens is 252 g/mol. The standard InChI is InChI=1S/C13H13ClN2O2/c1-8-2-3-11(14)10(6-8)13-15-12(16-18-13)9-4-5-17-7-9/h2-3,6,9H,4-5,7H2,1H3/t9-/m1/s1. The first-order valence-corrected chi connectivity index (χ1v) is 6.30. The summed E-state index contributed by atoms with van der Waals surface area (Å²) in [7, 11) is 0. The van der Waals surface area contributed by atoms with Crippen molar-refractivity contribution in [3.8, 4) is 11.5 Å². The van der Waals surface area contributed by atoms with Crippen LogP contribution in [0.1, 0.15) is 23.7 Å². The lowest BCUT2D eigenvalue weighted by atomic mass is 10.1. The molecule has 0 amide bonds. The molecule has 1 aromatic heterocycles. The van der Waals surface area contributed by atoms with E-state index in [2.05, 4.69) is 10.1 Å². The lowest BCUT2D eigenvalue weighted by molar-refractivity contribution is 0.192. The molecule has 4 nitrogen and oxygen atoms in total. The number of aromatic nitrogens is 2. The first-order chi connectivity index (χ1) is 8.74. The molecule has 94 valence electrons. The Morgan fingerprint density at radius 2 is 2.28 bits per heavy atom. The van der Waals surface area contributed by atoms with Crippen molar-refractivity contribution in [2.24, 2.45) is 0 Å². The normalized spacial score (nSPS) is 19.3. The summed E-state index contributed by atoms with van der Waals surface area (Å²) in [6.07, 6.45) is 0.945. The van der Waals surface area contributed by atoms with Crippen LogP contribution in [0, 0.1) is 6.92 Å². The van der Waals surface area contributed by atoms with Crippen molar-refractivity contribution in [2.45, 2.75) is 19.3 Å². The fraction of sp³-hybridized carbons (Fsp3) is 0.385. The molecule has 0 spiro atoms. The first kappa shape index (κ1) is 11.7. The summed E-state index contributed by atoms with van der Waals surface area (Å²) in [4.78, 5) is 4.42. The Morgan fingerprint density at radius 1 is 1.39 bits per heavy atom. The van der Waals surface area contributed by atoms with Gasteiger partial charge >= 0.3 is 0 Å². The van der Waals surface area contributed by atoms with Crippen molar-refractivity contribution in [1.82, 2.24) is 10.1 Å². The van der Waals surface area contributed by atoms with Gasteiger partial charge in [0.1, 0.15) is 0 Å². The molecule has 1 aliphatic rings. The lowest BCUT2D eigenvalue weighted by Crippen LogP contribution is -1.99. The topological polar surface area (TPSA) is 48.2 Å². The second kappa shape index (κ2) is 4.71. The zero-order chi connectivity index (χ0) is 12.5. The van der Waals surface area contributed by atoms with Gasteiger partial charge in [0.15, 0.2) is 5.82 Å². The second-order valence-electron chi connectivity index (χ2n) is 4.50. The van der Waals surface area contributed by atoms with Crippen LogP contribution in [0.25, 0.3) is 11.5 Å². The molecule has 0 bridgehead atoms. The summed E-state index contributed by atoms with van der Waals surface area (Å²) in [5.41, 5.74) is 1.90. The van der Waals surface area contributed by atoms with Crippen molar-refractivity contribution < 1.29 is 9.26 Å². The van der Waals surface area contributed by atoms with Crippen LogP contribution in [0.2, 0.25) is 5.02 Å². The van der Waals surface area contributed by atoms with Crippen molar-refractivity contribution in [1.29, 1.82) is 0 Å². The van der Waals surface area contributed by atoms with Gasteiger partial charge in [-0.05, 0) is 25.5 Å². The Hall–Kier alpha value is -1.39. The second-order valence-corrected chi connectivity index (χ2v) is 4.91. The Kier molecular flexibility index (Phi) is 3.06. The van der Waals surface area contributed by atoms with Crippen molar-refractivity contribution >= 4 is 11.6 Å². The quantitative estimate of drug-likeness (QED) is 0.836. The number of nitrogens with zero attached hydrogens (tertiary/aromatic N) is 2. The Balaban J connectivity index is 1.94. The van der Waals surface area contributed by atoms with Crippen LogP contribution in [0.15, 0.2) is 22.7 Å². The van der Waals surface area contributed by atoms with E-state index in [0.29, 0.717) is 23.3 Å². The summed E-state index contributed by atoms with van der Waals surface area (Å²) in [5, 5.41) is 4.64. The largest absolute Gasteiger partial charge is 0.381 e. The van der Waals surface area contributed by atoms with Gasteiger partial charge < -0.3 is 9.26 Å². The van der Waals surface area contributed by atoms with Gasteiger partial charge in [-0.3, -0.25) is 0 Å². The monoisotopic (exact) mass is 264 g/mol. The number of ether oxygens (including phenoxy) is 1. The van der Waals surface area contributed by atoms with E-state index in [1.165, 1.54) is 0 Å². The van der Waals surface area contributed by atoms with Crippen molar-refractivity contribution in [3.05, 3.63) is 34.6 Å². The number of hydrogen-bond acceptors (Lipinski definition) is 4. The molecule has 0 aliphatic carbocycles. The molecule has 0 saturated carbocycles. The number of aryl methyl sites for hydroxylation is 1. The lowest BCUT2D eigenvalue weighted by Gasteiger charge is -2.00. The fourth-order valence-corrected chi connectivity index (χ4v) is 2.25. The van der Waals surface area contributed by atoms with E-state index in [0.717, 1.165) is 24.2 Å². The Bertz CT molecular complexity index is 562. The van der Waals surface area contributed by atoms with E-state index in [1.807, 2.05) is 25.1 Å². The summed E-state index contributed by atoms with van der Waals surface area (Å²) >= 11 is 6.15. The minimum absolute atomic E-state index is 0.242. The van der Waals surface area contributed by atoms with Gasteiger partial charge in [-0.15, -0.1) is 0 Å². The van der Waals surface area contributed by atoms with Crippen molar-refractivity contribution in [3.63, 3.8) is 0 Å². The van der Waals surface area contributed by atoms with Gasteiger partial charge in [0.05, 0.1) is 17.2 Å². The van der Waals surface area contributed by atoms with Crippen LogP contribution in [0.3, 0.4) is 0 Å². The highest BCUT2D eigenvalue weighted by Gasteiger charge is 2.23. The molecule has 1 aromatic carbocycles. The summed E-state index contributed by atoms with van der Waals surface area (Å²) in [6.45, 7) is 3.43. The van der Waals surface area contributed by atoms with Crippen LogP contribution >= 0.6 is 11.6 Å². The van der Waals surface area contributed by atoms with E-state index in [1.54, 1.807) is 0 Å². The minimum atomic E-state index is 0.242. The summed E-state index contributed by atoms with van der Waals surface area (Å²) < 4.78 is 10.6. The maximum atomic E-state index is 6.15. The smallest absolute Gasteiger partial charge is 0.259 e. The van der Waals surface area contributed by atoms with Gasteiger partial charge in [0, 0.05) is 12.5 Å². The highest BCUT2D eigenvalue weighted by atomic mass is 35.5. The van der Waals surface area contributed by atoms with Crippen LogP contribution in [0.4, 0.5) is 0 Å². The van der Waals surface area contributed by atoms with Gasteiger partial charge in [-0.25, -0.2) is 0 Å². The molecular formula is C13H13ClN2O2. The third kappa shape index (κ3) is 2.13. The number of hydrogen-bond donors (Lipinski definition) is 0. The highest BCUT2D eigenvalue weighted by molar-refractivity contribution is 6.33. The molecule has 5 heteroatoms. The van der Waals surface area contributed by atoms with E-state index in [4.69, 9.17) is 20.9 Å². The van der Waals surface area contributed by atoms with E-state index >= 15 is 0 Å². The molecule has 2 aromatic rings. The average Bonchev–Trinajstić information content (AvgIpc) is 3.00. The number of halogens is 1. The molecule has 1 saturated heterocycles. The van der Waals surface area contributed by atoms with Crippen LogP contribution < -0.4 is 0 Å². The SMILES string of the molecule is Cc1ccc(Cl)c(-c2nc([C@@H]3CCOC3)no2)c1. The predicted octanol–water partition coefficient (Wildman–Crippen LogP) is 3.20. The van der Waals surface area contributed by atoms with Crippen LogP contribution in [-0.2, 0) is 4.74 Å². The summed E-state index contributed by atoms with van der Waals surface area (Å²) in [6, 6.07) is 5.74. The van der Waals surface area contributed by atoms with Crippen molar-refractivity contribution in [2.75, 3.05) is 13.2 Å². The highest BCUT2D eigenvalue weighted by Crippen LogP contribution is 2.30. The molecule has 1 fully saturated rings. The third-order valence-electron chi connectivity index (χ3n) is 3.09. The van der Waals surface area contributed by atoms with Gasteiger partial charge in [-0.1, -0.05) is 28.4 Å². The molecule has 2 heterocycles. The zero-order valence-electron chi connectivity index (χ0n) is 10.0. The van der Waals surface area contributed by atoms with E-state index in [9.17, 15) is 0 Å². The van der Waals surface area contributed by atoms with Crippen LogP contribution in [-0.4, -0.2) is 23.4 Å². The molecule has 0 unspecified atom stereocenters. The first-order valence-electron chi connectivity index (χ1n) is 5.92. The maximum absolute atomic E-state index is 6.15. The molecule has 18 heavy (non-hydrogen) atoms. The Morgan fingerprint density at radius 3 is 3.06 bits per heavy atom. The van der Waals surface area contributed by atoms with Gasteiger partial charge in [0.25, 0.3) is 5.89 Å². The molecule has 1 aliphatic heterocycles. The van der Waals surface area contributed by atoms with E-state index < -0.39 is 0 Å². The Labute approximate surface area is 110 Å². The number of benzene rings is 1. The van der Waals surface area contributed by atoms with Crippen LogP contribution in [0.5, 0.6) is 0 Å². The number of rotatable bonds is 2. The minimum Gasteiger partial charge on any atom is -0.381 e. The molecule has 3 rings (SSSR count). The average molecular weight is 265 g/mol. The molecule has 0 N–H and O–H groups in total. The summed E-state index contributed by atoms with van der Waals surface area (Å²) in [5.74, 6) is 1.43.